The van der Waals surface area contributed by atoms with Crippen molar-refractivity contribution in [2.45, 2.75) is 19.3 Å². The normalized spacial score (nSPS) is 15.3. The standard InChI is InChI=1S/C5H10O.CH4O2.CH4O/c1-2-4-6-5-3-1;1-3-2;1-2/h1-5H2;2H,1H3;2H,1H3. The lowest BCUT2D eigenvalue weighted by molar-refractivity contribution is -0.214. The largest absolute Gasteiger partial charge is 0.400 e. The Morgan fingerprint density at radius 1 is 1.09 bits per heavy atom. The molecule has 0 aromatic carbocycles. The van der Waals surface area contributed by atoms with Crippen LogP contribution >= 0.6 is 0 Å². The molecule has 0 amide bonds. The van der Waals surface area contributed by atoms with Crippen molar-refractivity contribution in [2.75, 3.05) is 27.4 Å². The number of aliphatic hydroxyl groups excluding tert-OH is 1. The van der Waals surface area contributed by atoms with Crippen LogP contribution in [0.5, 0.6) is 0 Å². The lowest BCUT2D eigenvalue weighted by atomic mass is 10.2. The van der Waals surface area contributed by atoms with Gasteiger partial charge in [0, 0.05) is 20.3 Å². The van der Waals surface area contributed by atoms with Crippen LogP contribution in [0.15, 0.2) is 0 Å². The zero-order valence-electron chi connectivity index (χ0n) is 7.25. The lowest BCUT2D eigenvalue weighted by Crippen LogP contribution is -2.03. The fourth-order valence-electron chi connectivity index (χ4n) is 0.687. The van der Waals surface area contributed by atoms with Gasteiger partial charge in [-0.3, -0.25) is 5.26 Å². The molecule has 0 aromatic rings. The Kier molecular flexibility index (Phi) is 20.1. The van der Waals surface area contributed by atoms with E-state index in [4.69, 9.17) is 15.1 Å². The highest BCUT2D eigenvalue weighted by atomic mass is 17.1. The minimum Gasteiger partial charge on any atom is -0.400 e. The van der Waals surface area contributed by atoms with E-state index in [0.717, 1.165) is 20.3 Å². The molecule has 0 radical (unpaired) electrons. The first-order chi connectivity index (χ1) is 5.41. The molecule has 0 aromatic heterocycles. The molecular weight excluding hydrogens is 148 g/mol. The van der Waals surface area contributed by atoms with Gasteiger partial charge in [-0.15, -0.1) is 0 Å². The van der Waals surface area contributed by atoms with Crippen molar-refractivity contribution < 1.29 is 20.0 Å². The van der Waals surface area contributed by atoms with Crippen LogP contribution in [0.2, 0.25) is 0 Å². The summed E-state index contributed by atoms with van der Waals surface area (Å²) in [6, 6.07) is 0. The average Bonchev–Trinajstić information content (AvgIpc) is 2.12. The van der Waals surface area contributed by atoms with Gasteiger partial charge in [-0.05, 0) is 19.3 Å². The molecule has 0 bridgehead atoms. The molecule has 0 atom stereocenters. The third-order valence-electron chi connectivity index (χ3n) is 1.08. The minimum absolute atomic E-state index is 1.00. The predicted molar refractivity (Wildman–Crippen MR) is 42.5 cm³/mol. The zero-order chi connectivity index (χ0) is 8.95. The third kappa shape index (κ3) is 17.7. The van der Waals surface area contributed by atoms with Gasteiger partial charge in [0.05, 0.1) is 7.11 Å². The van der Waals surface area contributed by atoms with Crippen LogP contribution < -0.4 is 0 Å². The van der Waals surface area contributed by atoms with Crippen molar-refractivity contribution in [2.24, 2.45) is 0 Å². The van der Waals surface area contributed by atoms with E-state index >= 15 is 0 Å². The van der Waals surface area contributed by atoms with Crippen LogP contribution in [0.1, 0.15) is 19.3 Å². The number of ether oxygens (including phenoxy) is 1. The van der Waals surface area contributed by atoms with Crippen LogP contribution in [-0.2, 0) is 9.62 Å². The Bertz CT molecular complexity index is 34.2. The Morgan fingerprint density at radius 3 is 1.55 bits per heavy atom. The smallest absolute Gasteiger partial charge is 0.0710 e. The Balaban J connectivity index is 0. The summed E-state index contributed by atoms with van der Waals surface area (Å²) in [5, 5.41) is 14.1. The van der Waals surface area contributed by atoms with Gasteiger partial charge in [-0.25, -0.2) is 4.89 Å². The van der Waals surface area contributed by atoms with E-state index in [-0.39, 0.29) is 0 Å². The summed E-state index contributed by atoms with van der Waals surface area (Å²) in [5.74, 6) is 0. The maximum Gasteiger partial charge on any atom is 0.0710 e. The Labute approximate surface area is 67.7 Å². The molecule has 4 nitrogen and oxygen atoms in total. The summed E-state index contributed by atoms with van der Waals surface area (Å²) in [4.78, 5) is 3.25. The van der Waals surface area contributed by atoms with Crippen molar-refractivity contribution in [1.29, 1.82) is 0 Å². The average molecular weight is 166 g/mol. The molecule has 0 aliphatic carbocycles. The van der Waals surface area contributed by atoms with Gasteiger partial charge in [0.2, 0.25) is 0 Å². The third-order valence-corrected chi connectivity index (χ3v) is 1.08. The van der Waals surface area contributed by atoms with E-state index in [1.807, 2.05) is 0 Å². The van der Waals surface area contributed by atoms with Gasteiger partial charge < -0.3 is 9.84 Å². The predicted octanol–water partition coefficient (Wildman–Crippen LogP) is 0.901. The van der Waals surface area contributed by atoms with Crippen molar-refractivity contribution in [3.05, 3.63) is 0 Å². The van der Waals surface area contributed by atoms with Crippen molar-refractivity contribution >= 4 is 0 Å². The summed E-state index contributed by atoms with van der Waals surface area (Å²) in [5.41, 5.74) is 0. The first kappa shape index (κ1) is 13.4. The van der Waals surface area contributed by atoms with Crippen LogP contribution in [0.25, 0.3) is 0 Å². The molecule has 1 fully saturated rings. The maximum atomic E-state index is 7.07. The van der Waals surface area contributed by atoms with Crippen LogP contribution in [0.3, 0.4) is 0 Å². The molecule has 1 aliphatic heterocycles. The molecule has 11 heavy (non-hydrogen) atoms. The van der Waals surface area contributed by atoms with Crippen LogP contribution in [0.4, 0.5) is 0 Å². The minimum atomic E-state index is 1.00. The van der Waals surface area contributed by atoms with Crippen molar-refractivity contribution in [1.82, 2.24) is 0 Å². The first-order valence-electron chi connectivity index (χ1n) is 3.62. The molecule has 0 spiro atoms. The number of hydrogen-bond acceptors (Lipinski definition) is 4. The fourth-order valence-corrected chi connectivity index (χ4v) is 0.687. The van der Waals surface area contributed by atoms with Gasteiger partial charge in [0.25, 0.3) is 0 Å². The van der Waals surface area contributed by atoms with Crippen molar-refractivity contribution in [3.8, 4) is 0 Å². The highest BCUT2D eigenvalue weighted by Gasteiger charge is 1.94. The maximum absolute atomic E-state index is 7.07. The summed E-state index contributed by atoms with van der Waals surface area (Å²) in [6.07, 6.45) is 3.93. The van der Waals surface area contributed by atoms with Crippen molar-refractivity contribution in [3.63, 3.8) is 0 Å². The molecule has 0 unspecified atom stereocenters. The highest BCUT2D eigenvalue weighted by molar-refractivity contribution is 4.45. The van der Waals surface area contributed by atoms with E-state index in [2.05, 4.69) is 4.89 Å². The summed E-state index contributed by atoms with van der Waals surface area (Å²) in [7, 11) is 2.18. The van der Waals surface area contributed by atoms with Gasteiger partial charge in [0.1, 0.15) is 0 Å². The van der Waals surface area contributed by atoms with E-state index in [9.17, 15) is 0 Å². The number of hydrogen-bond donors (Lipinski definition) is 2. The molecule has 2 N–H and O–H groups in total. The van der Waals surface area contributed by atoms with E-state index in [1.165, 1.54) is 26.4 Å². The van der Waals surface area contributed by atoms with E-state index in [0.29, 0.717) is 0 Å². The molecule has 1 saturated heterocycles. The molecule has 1 aliphatic rings. The molecule has 1 rings (SSSR count). The Hall–Kier alpha value is -0.160. The molecule has 4 heteroatoms. The second-order valence-electron chi connectivity index (χ2n) is 1.86. The quantitative estimate of drug-likeness (QED) is 0.414. The topological polar surface area (TPSA) is 58.9 Å². The molecular formula is C7H18O4. The number of rotatable bonds is 0. The van der Waals surface area contributed by atoms with E-state index in [1.54, 1.807) is 0 Å². The Morgan fingerprint density at radius 2 is 1.45 bits per heavy atom. The lowest BCUT2D eigenvalue weighted by Gasteiger charge is -2.08. The summed E-state index contributed by atoms with van der Waals surface area (Å²) >= 11 is 0. The summed E-state index contributed by atoms with van der Waals surface area (Å²) < 4.78 is 5.07. The van der Waals surface area contributed by atoms with E-state index < -0.39 is 0 Å². The second-order valence-corrected chi connectivity index (χ2v) is 1.86. The number of aliphatic hydroxyl groups is 1. The van der Waals surface area contributed by atoms with Crippen LogP contribution in [-0.4, -0.2) is 37.8 Å². The van der Waals surface area contributed by atoms with Gasteiger partial charge in [-0.2, -0.15) is 0 Å². The fraction of sp³-hybridized carbons (Fsp3) is 1.00. The monoisotopic (exact) mass is 166 g/mol. The SMILES string of the molecule is C1CCOCC1.CO.COO. The van der Waals surface area contributed by atoms with Gasteiger partial charge >= 0.3 is 0 Å². The zero-order valence-corrected chi connectivity index (χ0v) is 7.25. The molecule has 70 valence electrons. The van der Waals surface area contributed by atoms with Crippen LogP contribution in [0, 0.1) is 0 Å². The van der Waals surface area contributed by atoms with Gasteiger partial charge in [0.15, 0.2) is 0 Å². The van der Waals surface area contributed by atoms with Gasteiger partial charge in [-0.1, -0.05) is 0 Å². The molecule has 1 heterocycles. The summed E-state index contributed by atoms with van der Waals surface area (Å²) in [6.45, 7) is 2.00. The first-order valence-corrected chi connectivity index (χ1v) is 3.62. The highest BCUT2D eigenvalue weighted by Crippen LogP contribution is 2.02. The molecule has 0 saturated carbocycles. The second kappa shape index (κ2) is 16.4.